The molecular weight excluding hydrogens is 432 g/mol. The fraction of sp³-hybridized carbons (Fsp3) is 0.682. The fourth-order valence-corrected chi connectivity index (χ4v) is 5.44. The Morgan fingerprint density at radius 2 is 1.88 bits per heavy atom. The molecule has 0 spiro atoms. The molecule has 2 saturated heterocycles. The van der Waals surface area contributed by atoms with Gasteiger partial charge in [-0.05, 0) is 25.0 Å². The summed E-state index contributed by atoms with van der Waals surface area (Å²) in [7, 11) is 1.62. The van der Waals surface area contributed by atoms with Crippen LogP contribution in [0.25, 0.3) is 0 Å². The van der Waals surface area contributed by atoms with E-state index in [1.807, 2.05) is 24.3 Å². The summed E-state index contributed by atoms with van der Waals surface area (Å²) in [5.41, 5.74) is 0.197. The average Bonchev–Trinajstić information content (AvgIpc) is 2.96. The van der Waals surface area contributed by atoms with Crippen molar-refractivity contribution in [1.82, 2.24) is 14.1 Å². The molecule has 10 heteroatoms. The summed E-state index contributed by atoms with van der Waals surface area (Å²) in [5, 5.41) is 11.3. The van der Waals surface area contributed by atoms with E-state index in [9.17, 15) is 18.3 Å². The molecule has 2 fully saturated rings. The first-order valence-electron chi connectivity index (χ1n) is 11.0. The quantitative estimate of drug-likeness (QED) is 0.642. The van der Waals surface area contributed by atoms with E-state index >= 15 is 0 Å². The van der Waals surface area contributed by atoms with Gasteiger partial charge in [-0.25, -0.2) is 12.7 Å². The Morgan fingerprint density at radius 3 is 2.47 bits per heavy atom. The third-order valence-corrected chi connectivity index (χ3v) is 7.73. The smallest absolute Gasteiger partial charge is 0.227 e. The molecule has 180 valence electrons. The van der Waals surface area contributed by atoms with Crippen LogP contribution in [0.4, 0.5) is 5.69 Å². The van der Waals surface area contributed by atoms with Crippen LogP contribution in [0.3, 0.4) is 0 Å². The van der Waals surface area contributed by atoms with E-state index in [0.29, 0.717) is 52.1 Å². The van der Waals surface area contributed by atoms with Gasteiger partial charge in [0.05, 0.1) is 24.9 Å². The molecule has 0 bridgehead atoms. The molecule has 1 N–H and O–H groups in total. The number of piperidine rings is 1. The van der Waals surface area contributed by atoms with Crippen LogP contribution in [0.2, 0.25) is 0 Å². The van der Waals surface area contributed by atoms with Gasteiger partial charge in [-0.1, -0.05) is 6.07 Å². The van der Waals surface area contributed by atoms with Crippen molar-refractivity contribution in [3.8, 4) is 5.75 Å². The molecule has 1 aromatic carbocycles. The lowest BCUT2D eigenvalue weighted by Gasteiger charge is -2.42. The van der Waals surface area contributed by atoms with Gasteiger partial charge in [0.15, 0.2) is 0 Å². The Hall–Kier alpha value is -1.88. The molecule has 3 rings (SSSR count). The largest absolute Gasteiger partial charge is 0.497 e. The van der Waals surface area contributed by atoms with Crippen molar-refractivity contribution in [3.05, 3.63) is 24.3 Å². The van der Waals surface area contributed by atoms with Crippen molar-refractivity contribution in [1.29, 1.82) is 0 Å². The first kappa shape index (κ1) is 24.8. The summed E-state index contributed by atoms with van der Waals surface area (Å²) in [6.07, 6.45) is 2.38. The van der Waals surface area contributed by atoms with Gasteiger partial charge in [0.25, 0.3) is 0 Å². The van der Waals surface area contributed by atoms with Gasteiger partial charge in [-0.3, -0.25) is 9.69 Å². The summed E-state index contributed by atoms with van der Waals surface area (Å²) >= 11 is 0. The summed E-state index contributed by atoms with van der Waals surface area (Å²) < 4.78 is 31.0. The van der Waals surface area contributed by atoms with E-state index in [4.69, 9.17) is 4.74 Å². The van der Waals surface area contributed by atoms with E-state index in [0.717, 1.165) is 11.4 Å². The Bertz CT molecular complexity index is 899. The van der Waals surface area contributed by atoms with E-state index in [1.165, 1.54) is 15.5 Å². The Kier molecular flexibility index (Phi) is 7.69. The number of carbonyl (C=O) groups excluding carboxylic acids is 1. The first-order chi connectivity index (χ1) is 15.0. The maximum Gasteiger partial charge on any atom is 0.227 e. The van der Waals surface area contributed by atoms with E-state index in [1.54, 1.807) is 21.2 Å². The normalized spacial score (nSPS) is 22.9. The predicted octanol–water partition coefficient (Wildman–Crippen LogP) is 0.308. The Labute approximate surface area is 191 Å². The zero-order chi connectivity index (χ0) is 23.5. The highest BCUT2D eigenvalue weighted by atomic mass is 32.2. The number of nitrogens with zero attached hydrogens (tertiary/aromatic N) is 4. The minimum absolute atomic E-state index is 0.0922. The molecule has 2 aliphatic heterocycles. The minimum atomic E-state index is -3.40. The molecule has 0 radical (unpaired) electrons. The van der Waals surface area contributed by atoms with Gasteiger partial charge in [0.1, 0.15) is 5.75 Å². The van der Waals surface area contributed by atoms with Gasteiger partial charge in [0.2, 0.25) is 15.9 Å². The molecule has 2 aliphatic rings. The van der Waals surface area contributed by atoms with Crippen LogP contribution < -0.4 is 9.64 Å². The minimum Gasteiger partial charge on any atom is -0.497 e. The van der Waals surface area contributed by atoms with Crippen LogP contribution in [0.5, 0.6) is 5.75 Å². The van der Waals surface area contributed by atoms with Crippen LogP contribution in [-0.2, 0) is 14.8 Å². The number of benzene rings is 1. The number of amides is 1. The van der Waals surface area contributed by atoms with Crippen LogP contribution in [0, 0.1) is 5.92 Å². The maximum atomic E-state index is 12.7. The first-order valence-corrected chi connectivity index (χ1v) is 12.9. The number of methoxy groups -OCH3 is 1. The molecule has 32 heavy (non-hydrogen) atoms. The standard InChI is InChI=1S/C22H36N4O5S/c1-23(2)21(27)18-15-24(12-13-26(16-18)32(4,29)30)17-22(28)8-10-25(11-9-22)19-6-5-7-20(14-19)31-3/h5-7,14,18,28H,8-13,15-17H2,1-4H3. The molecule has 0 aliphatic carbocycles. The van der Waals surface area contributed by atoms with Gasteiger partial charge in [0, 0.05) is 71.7 Å². The number of hydrogen-bond donors (Lipinski definition) is 1. The summed E-state index contributed by atoms with van der Waals surface area (Å²) in [5.74, 6) is 0.257. The lowest BCUT2D eigenvalue weighted by atomic mass is 9.90. The third-order valence-electron chi connectivity index (χ3n) is 6.46. The van der Waals surface area contributed by atoms with Crippen molar-refractivity contribution in [2.45, 2.75) is 18.4 Å². The lowest BCUT2D eigenvalue weighted by molar-refractivity contribution is -0.133. The van der Waals surface area contributed by atoms with Crippen molar-refractivity contribution < 1.29 is 23.1 Å². The lowest BCUT2D eigenvalue weighted by Crippen LogP contribution is -2.52. The molecule has 1 amide bonds. The van der Waals surface area contributed by atoms with Crippen molar-refractivity contribution >= 4 is 21.6 Å². The molecule has 9 nitrogen and oxygen atoms in total. The molecule has 2 heterocycles. The second kappa shape index (κ2) is 9.94. The third kappa shape index (κ3) is 6.12. The number of carbonyl (C=O) groups is 1. The second-order valence-corrected chi connectivity index (χ2v) is 11.2. The molecular formula is C22H36N4O5S. The highest BCUT2D eigenvalue weighted by Crippen LogP contribution is 2.29. The van der Waals surface area contributed by atoms with Crippen molar-refractivity contribution in [2.24, 2.45) is 5.92 Å². The number of aliphatic hydroxyl groups is 1. The zero-order valence-electron chi connectivity index (χ0n) is 19.5. The Balaban J connectivity index is 1.66. The fourth-order valence-electron chi connectivity index (χ4n) is 4.58. The van der Waals surface area contributed by atoms with Gasteiger partial charge in [-0.2, -0.15) is 0 Å². The number of ether oxygens (including phenoxy) is 1. The van der Waals surface area contributed by atoms with E-state index in [-0.39, 0.29) is 12.5 Å². The zero-order valence-corrected chi connectivity index (χ0v) is 20.3. The summed E-state index contributed by atoms with van der Waals surface area (Å²) in [6, 6.07) is 7.91. The van der Waals surface area contributed by atoms with Crippen LogP contribution >= 0.6 is 0 Å². The molecule has 1 unspecified atom stereocenters. The molecule has 1 atom stereocenters. The molecule has 0 aromatic heterocycles. The van der Waals surface area contributed by atoms with Gasteiger partial charge >= 0.3 is 0 Å². The highest BCUT2D eigenvalue weighted by molar-refractivity contribution is 7.88. The monoisotopic (exact) mass is 468 g/mol. The Morgan fingerprint density at radius 1 is 1.19 bits per heavy atom. The maximum absolute atomic E-state index is 12.7. The second-order valence-electron chi connectivity index (χ2n) is 9.20. The number of rotatable bonds is 6. The summed E-state index contributed by atoms with van der Waals surface area (Å²) in [4.78, 5) is 18.5. The van der Waals surface area contributed by atoms with Gasteiger partial charge < -0.3 is 19.6 Å². The van der Waals surface area contributed by atoms with Crippen molar-refractivity contribution in [2.75, 3.05) is 78.2 Å². The average molecular weight is 469 g/mol. The molecule has 0 saturated carbocycles. The number of hydrogen-bond acceptors (Lipinski definition) is 7. The highest BCUT2D eigenvalue weighted by Gasteiger charge is 2.38. The van der Waals surface area contributed by atoms with Crippen LogP contribution in [0.1, 0.15) is 12.8 Å². The topological polar surface area (TPSA) is 93.6 Å². The van der Waals surface area contributed by atoms with E-state index < -0.39 is 21.5 Å². The predicted molar refractivity (Wildman–Crippen MR) is 124 cm³/mol. The summed E-state index contributed by atoms with van der Waals surface area (Å²) in [6.45, 7) is 3.28. The SMILES string of the molecule is COc1cccc(N2CCC(O)(CN3CCN(S(C)(=O)=O)CC(C(=O)N(C)C)C3)CC2)c1. The van der Waals surface area contributed by atoms with Crippen LogP contribution in [-0.4, -0.2) is 112 Å². The number of sulfonamides is 1. The van der Waals surface area contributed by atoms with Crippen LogP contribution in [0.15, 0.2) is 24.3 Å². The van der Waals surface area contributed by atoms with Gasteiger partial charge in [-0.15, -0.1) is 0 Å². The van der Waals surface area contributed by atoms with E-state index in [2.05, 4.69) is 9.80 Å². The number of β-amino-alcohol motifs (C(OH)–C–C–N with tert-alkyl or cyclic N) is 1. The number of anilines is 1. The molecule has 1 aromatic rings. The van der Waals surface area contributed by atoms with Crippen molar-refractivity contribution in [3.63, 3.8) is 0 Å².